The summed E-state index contributed by atoms with van der Waals surface area (Å²) in [6.07, 6.45) is 2.12. The molecule has 2 aromatic rings. The van der Waals surface area contributed by atoms with E-state index in [1.807, 2.05) is 25.1 Å². The molecule has 2 rings (SSSR count). The monoisotopic (exact) mass is 331 g/mol. The predicted molar refractivity (Wildman–Crippen MR) is 99.5 cm³/mol. The Bertz CT molecular complexity index is 649. The molecule has 0 fully saturated rings. The number of nitrogens with zero attached hydrogens (tertiary/aromatic N) is 1. The van der Waals surface area contributed by atoms with Gasteiger partial charge in [-0.15, -0.1) is 0 Å². The van der Waals surface area contributed by atoms with Crippen molar-refractivity contribution in [1.82, 2.24) is 10.6 Å². The molecule has 5 heteroatoms. The zero-order chi connectivity index (χ0) is 17.2. The Morgan fingerprint density at radius 2 is 2.00 bits per heavy atom. The van der Waals surface area contributed by atoms with Gasteiger partial charge in [-0.3, -0.25) is 0 Å². The Morgan fingerprint density at radius 3 is 2.75 bits per heavy atom. The van der Waals surface area contributed by atoms with Crippen LogP contribution in [-0.2, 0) is 11.3 Å². The van der Waals surface area contributed by atoms with Gasteiger partial charge >= 0.3 is 0 Å². The first-order valence-electron chi connectivity index (χ1n) is 8.83. The third kappa shape index (κ3) is 5.27. The van der Waals surface area contributed by atoms with Crippen molar-refractivity contribution in [2.24, 2.45) is 4.99 Å². The van der Waals surface area contributed by atoms with Crippen molar-refractivity contribution in [2.45, 2.75) is 40.2 Å². The van der Waals surface area contributed by atoms with Crippen LogP contribution in [0.2, 0.25) is 0 Å². The Balaban J connectivity index is 1.90. The summed E-state index contributed by atoms with van der Waals surface area (Å²) in [5, 5.41) is 7.80. The van der Waals surface area contributed by atoms with Crippen molar-refractivity contribution < 1.29 is 9.15 Å². The van der Waals surface area contributed by atoms with Gasteiger partial charge in [0.1, 0.15) is 17.9 Å². The molecule has 0 saturated heterocycles. The summed E-state index contributed by atoms with van der Waals surface area (Å²) < 4.78 is 11.3. The van der Waals surface area contributed by atoms with E-state index in [9.17, 15) is 0 Å². The van der Waals surface area contributed by atoms with Crippen LogP contribution in [0.3, 0.4) is 0 Å². The highest BCUT2D eigenvalue weighted by molar-refractivity contribution is 5.82. The first kappa shape index (κ1) is 18.3. The average molecular weight is 331 g/mol. The number of ether oxygens (including phenoxy) is 1. The second-order valence-corrected chi connectivity index (χ2v) is 5.67. The van der Waals surface area contributed by atoms with E-state index in [4.69, 9.17) is 9.15 Å². The van der Waals surface area contributed by atoms with Crippen LogP contribution in [0.5, 0.6) is 0 Å². The lowest BCUT2D eigenvalue weighted by atomic mass is 10.1. The first-order chi connectivity index (χ1) is 11.8. The minimum Gasteiger partial charge on any atom is -0.459 e. The van der Waals surface area contributed by atoms with Crippen LogP contribution in [0.25, 0.3) is 11.0 Å². The minimum atomic E-state index is 0.537. The van der Waals surface area contributed by atoms with E-state index in [2.05, 4.69) is 35.5 Å². The summed E-state index contributed by atoms with van der Waals surface area (Å²) in [7, 11) is 0. The van der Waals surface area contributed by atoms with Crippen molar-refractivity contribution in [1.29, 1.82) is 0 Å². The zero-order valence-corrected chi connectivity index (χ0v) is 15.0. The van der Waals surface area contributed by atoms with E-state index >= 15 is 0 Å². The SMILES string of the molecule is CCNC(=NCc1oc2ccccc2c1C)NCCCCOCC. The minimum absolute atomic E-state index is 0.537. The van der Waals surface area contributed by atoms with Crippen molar-refractivity contribution in [2.75, 3.05) is 26.3 Å². The number of hydrogen-bond donors (Lipinski definition) is 2. The van der Waals surface area contributed by atoms with Gasteiger partial charge in [0.15, 0.2) is 5.96 Å². The fourth-order valence-corrected chi connectivity index (χ4v) is 2.55. The molecule has 132 valence electrons. The van der Waals surface area contributed by atoms with Crippen molar-refractivity contribution in [3.63, 3.8) is 0 Å². The van der Waals surface area contributed by atoms with Gasteiger partial charge in [-0.05, 0) is 39.7 Å². The molecule has 0 amide bonds. The Kier molecular flexibility index (Phi) is 7.62. The Hall–Kier alpha value is -2.01. The topological polar surface area (TPSA) is 58.8 Å². The third-order valence-electron chi connectivity index (χ3n) is 3.88. The molecule has 0 aliphatic rings. The van der Waals surface area contributed by atoms with Gasteiger partial charge in [0.25, 0.3) is 0 Å². The van der Waals surface area contributed by atoms with E-state index in [0.717, 1.165) is 61.8 Å². The number of fused-ring (bicyclic) bond motifs is 1. The largest absolute Gasteiger partial charge is 0.459 e. The molecule has 0 aliphatic heterocycles. The van der Waals surface area contributed by atoms with Gasteiger partial charge < -0.3 is 19.8 Å². The molecule has 0 radical (unpaired) electrons. The van der Waals surface area contributed by atoms with Crippen molar-refractivity contribution >= 4 is 16.9 Å². The summed E-state index contributed by atoms with van der Waals surface area (Å²) in [5.74, 6) is 1.75. The second kappa shape index (κ2) is 9.98. The van der Waals surface area contributed by atoms with Crippen LogP contribution in [0.4, 0.5) is 0 Å². The van der Waals surface area contributed by atoms with Crippen molar-refractivity contribution in [3.8, 4) is 0 Å². The number of rotatable bonds is 9. The summed E-state index contributed by atoms with van der Waals surface area (Å²) in [4.78, 5) is 4.64. The van der Waals surface area contributed by atoms with Gasteiger partial charge in [0.05, 0.1) is 0 Å². The zero-order valence-electron chi connectivity index (χ0n) is 15.0. The number of hydrogen-bond acceptors (Lipinski definition) is 3. The maximum Gasteiger partial charge on any atom is 0.191 e. The number of furan rings is 1. The van der Waals surface area contributed by atoms with Gasteiger partial charge in [-0.25, -0.2) is 4.99 Å². The maximum atomic E-state index is 5.92. The maximum absolute atomic E-state index is 5.92. The molecule has 24 heavy (non-hydrogen) atoms. The molecule has 0 aliphatic carbocycles. The van der Waals surface area contributed by atoms with Gasteiger partial charge in [-0.1, -0.05) is 18.2 Å². The van der Waals surface area contributed by atoms with E-state index in [1.165, 1.54) is 5.56 Å². The number of unbranched alkanes of at least 4 members (excludes halogenated alkanes) is 1. The van der Waals surface area contributed by atoms with Crippen LogP contribution >= 0.6 is 0 Å². The van der Waals surface area contributed by atoms with E-state index < -0.39 is 0 Å². The fraction of sp³-hybridized carbons (Fsp3) is 0.526. The van der Waals surface area contributed by atoms with Crippen molar-refractivity contribution in [3.05, 3.63) is 35.6 Å². The lowest BCUT2D eigenvalue weighted by Gasteiger charge is -2.11. The summed E-state index contributed by atoms with van der Waals surface area (Å²) in [6, 6.07) is 8.11. The van der Waals surface area contributed by atoms with E-state index in [1.54, 1.807) is 0 Å². The highest BCUT2D eigenvalue weighted by Crippen LogP contribution is 2.25. The molecule has 1 heterocycles. The predicted octanol–water partition coefficient (Wildman–Crippen LogP) is 3.61. The van der Waals surface area contributed by atoms with Crippen LogP contribution in [-0.4, -0.2) is 32.3 Å². The number of para-hydroxylation sites is 1. The molecule has 2 N–H and O–H groups in total. The van der Waals surface area contributed by atoms with Crippen LogP contribution in [0.15, 0.2) is 33.7 Å². The third-order valence-corrected chi connectivity index (χ3v) is 3.88. The lowest BCUT2D eigenvalue weighted by Crippen LogP contribution is -2.37. The van der Waals surface area contributed by atoms with Crippen LogP contribution in [0, 0.1) is 6.92 Å². The molecular weight excluding hydrogens is 302 g/mol. The number of guanidine groups is 1. The molecule has 1 aromatic heterocycles. The number of benzene rings is 1. The first-order valence-corrected chi connectivity index (χ1v) is 8.83. The lowest BCUT2D eigenvalue weighted by molar-refractivity contribution is 0.143. The van der Waals surface area contributed by atoms with E-state index in [-0.39, 0.29) is 0 Å². The van der Waals surface area contributed by atoms with Gasteiger partial charge in [-0.2, -0.15) is 0 Å². The summed E-state index contributed by atoms with van der Waals surface area (Å²) in [6.45, 7) is 10.0. The number of nitrogens with one attached hydrogen (secondary N) is 2. The molecule has 5 nitrogen and oxygen atoms in total. The Labute approximate surface area is 144 Å². The fourth-order valence-electron chi connectivity index (χ4n) is 2.55. The molecule has 0 unspecified atom stereocenters. The van der Waals surface area contributed by atoms with Gasteiger partial charge in [0.2, 0.25) is 0 Å². The number of aliphatic imine (C=N–C) groups is 1. The smallest absolute Gasteiger partial charge is 0.191 e. The molecule has 0 spiro atoms. The second-order valence-electron chi connectivity index (χ2n) is 5.67. The number of aryl methyl sites for hydroxylation is 1. The highest BCUT2D eigenvalue weighted by atomic mass is 16.5. The van der Waals surface area contributed by atoms with E-state index in [0.29, 0.717) is 6.54 Å². The molecule has 0 saturated carbocycles. The molecule has 0 bridgehead atoms. The van der Waals surface area contributed by atoms with Crippen LogP contribution in [0.1, 0.15) is 38.0 Å². The summed E-state index contributed by atoms with van der Waals surface area (Å²) >= 11 is 0. The molecular formula is C19H29N3O2. The molecule has 1 aromatic carbocycles. The Morgan fingerprint density at radius 1 is 1.17 bits per heavy atom. The normalized spacial score (nSPS) is 11.9. The average Bonchev–Trinajstić information content (AvgIpc) is 2.92. The summed E-state index contributed by atoms with van der Waals surface area (Å²) in [5.41, 5.74) is 2.09. The highest BCUT2D eigenvalue weighted by Gasteiger charge is 2.09. The van der Waals surface area contributed by atoms with Crippen LogP contribution < -0.4 is 10.6 Å². The standard InChI is InChI=1S/C19H29N3O2/c1-4-20-19(21-12-8-9-13-23-5-2)22-14-18-15(3)16-10-6-7-11-17(16)24-18/h6-7,10-11H,4-5,8-9,12-14H2,1-3H3,(H2,20,21,22). The van der Waals surface area contributed by atoms with Gasteiger partial charge in [0, 0.05) is 37.3 Å². The quantitative estimate of drug-likeness (QED) is 0.419. The molecule has 0 atom stereocenters.